The summed E-state index contributed by atoms with van der Waals surface area (Å²) in [6.07, 6.45) is 0.197. The van der Waals surface area contributed by atoms with Gasteiger partial charge in [0.25, 0.3) is 0 Å². The van der Waals surface area contributed by atoms with Gasteiger partial charge < -0.3 is 4.74 Å². The number of rotatable bonds is 6. The lowest BCUT2D eigenvalue weighted by Gasteiger charge is -2.18. The molecule has 0 bridgehead atoms. The fourth-order valence-electron chi connectivity index (χ4n) is 3.32. The van der Waals surface area contributed by atoms with Gasteiger partial charge in [0.05, 0.1) is 25.3 Å². The summed E-state index contributed by atoms with van der Waals surface area (Å²) in [6.45, 7) is 6.19. The monoisotopic (exact) mass is 385 g/mol. The second-order valence-corrected chi connectivity index (χ2v) is 7.36. The number of hydrogen-bond acceptors (Lipinski definition) is 3. The minimum Gasteiger partial charge on any atom is -0.469 e. The molecule has 3 aromatic rings. The van der Waals surface area contributed by atoms with Crippen LogP contribution in [0.25, 0.3) is 0 Å². The van der Waals surface area contributed by atoms with E-state index in [0.29, 0.717) is 0 Å². The lowest BCUT2D eigenvalue weighted by atomic mass is 9.96. The summed E-state index contributed by atoms with van der Waals surface area (Å²) in [5.41, 5.74) is 7.48. The summed E-state index contributed by atoms with van der Waals surface area (Å²) in [5, 5.41) is 0. The Morgan fingerprint density at radius 3 is 1.83 bits per heavy atom. The average Bonchev–Trinajstić information content (AvgIpc) is 2.73. The van der Waals surface area contributed by atoms with E-state index in [1.807, 2.05) is 31.2 Å². The third kappa shape index (κ3) is 5.20. The Morgan fingerprint density at radius 1 is 0.828 bits per heavy atom. The van der Waals surface area contributed by atoms with Crippen LogP contribution in [-0.2, 0) is 9.53 Å². The largest absolute Gasteiger partial charge is 0.469 e. The van der Waals surface area contributed by atoms with Crippen LogP contribution in [-0.4, -0.2) is 18.8 Å². The Morgan fingerprint density at radius 2 is 1.34 bits per heavy atom. The Labute approximate surface area is 173 Å². The molecule has 0 spiro atoms. The zero-order chi connectivity index (χ0) is 20.8. The molecular weight excluding hydrogens is 358 g/mol. The first-order valence-electron chi connectivity index (χ1n) is 9.82. The number of aliphatic imine (C=N–C) groups is 1. The zero-order valence-electron chi connectivity index (χ0n) is 17.5. The second kappa shape index (κ2) is 9.33. The van der Waals surface area contributed by atoms with Crippen molar-refractivity contribution in [2.45, 2.75) is 33.2 Å². The Kier molecular flexibility index (Phi) is 6.61. The zero-order valence-corrected chi connectivity index (χ0v) is 17.5. The molecule has 0 radical (unpaired) electrons. The van der Waals surface area contributed by atoms with Crippen LogP contribution in [0.3, 0.4) is 0 Å². The number of methoxy groups -OCH3 is 1. The number of esters is 1. The highest BCUT2D eigenvalue weighted by Gasteiger charge is 2.19. The van der Waals surface area contributed by atoms with E-state index < -0.39 is 0 Å². The van der Waals surface area contributed by atoms with Gasteiger partial charge in [0.15, 0.2) is 0 Å². The molecule has 0 aliphatic heterocycles. The Hall–Kier alpha value is -3.20. The van der Waals surface area contributed by atoms with Crippen LogP contribution in [0.4, 0.5) is 0 Å². The third-order valence-corrected chi connectivity index (χ3v) is 5.07. The van der Waals surface area contributed by atoms with Crippen LogP contribution in [0.5, 0.6) is 0 Å². The average molecular weight is 386 g/mol. The van der Waals surface area contributed by atoms with E-state index in [1.54, 1.807) is 0 Å². The fourth-order valence-corrected chi connectivity index (χ4v) is 3.32. The number of nitrogens with zero attached hydrogens (tertiary/aromatic N) is 1. The highest BCUT2D eigenvalue weighted by Crippen LogP contribution is 2.27. The Balaban J connectivity index is 2.15. The molecule has 0 heterocycles. The first-order chi connectivity index (χ1) is 14.0. The summed E-state index contributed by atoms with van der Waals surface area (Å²) in [5.74, 6) is -0.269. The normalized spacial score (nSPS) is 11.6. The highest BCUT2D eigenvalue weighted by atomic mass is 16.5. The molecule has 1 atom stereocenters. The number of carbonyl (C=O) groups is 1. The fraction of sp³-hybridized carbons (Fsp3) is 0.231. The van der Waals surface area contributed by atoms with Gasteiger partial charge in [-0.25, -0.2) is 0 Å². The van der Waals surface area contributed by atoms with Gasteiger partial charge in [0.2, 0.25) is 0 Å². The van der Waals surface area contributed by atoms with Gasteiger partial charge in [-0.2, -0.15) is 0 Å². The number of benzene rings is 3. The maximum atomic E-state index is 12.2. The molecule has 0 saturated carbocycles. The molecule has 29 heavy (non-hydrogen) atoms. The lowest BCUT2D eigenvalue weighted by Crippen LogP contribution is -2.12. The van der Waals surface area contributed by atoms with Crippen molar-refractivity contribution in [3.05, 3.63) is 106 Å². The summed E-state index contributed by atoms with van der Waals surface area (Å²) < 4.78 is 4.96. The summed E-state index contributed by atoms with van der Waals surface area (Å²) in [4.78, 5) is 17.3. The third-order valence-electron chi connectivity index (χ3n) is 5.07. The quantitative estimate of drug-likeness (QED) is 0.400. The molecule has 0 aromatic heterocycles. The van der Waals surface area contributed by atoms with Crippen molar-refractivity contribution in [3.8, 4) is 0 Å². The van der Waals surface area contributed by atoms with Gasteiger partial charge in [-0.05, 0) is 31.9 Å². The van der Waals surface area contributed by atoms with E-state index in [4.69, 9.17) is 9.73 Å². The number of carbonyl (C=O) groups excluding carboxylic acids is 1. The van der Waals surface area contributed by atoms with E-state index in [1.165, 1.54) is 18.2 Å². The van der Waals surface area contributed by atoms with Crippen molar-refractivity contribution >= 4 is 11.7 Å². The van der Waals surface area contributed by atoms with E-state index in [2.05, 4.69) is 62.4 Å². The highest BCUT2D eigenvalue weighted by molar-refractivity contribution is 6.13. The minimum atomic E-state index is -0.318. The lowest BCUT2D eigenvalue weighted by molar-refractivity contribution is -0.141. The number of aryl methyl sites for hydroxylation is 3. The molecule has 0 aliphatic rings. The predicted octanol–water partition coefficient (Wildman–Crippen LogP) is 5.75. The van der Waals surface area contributed by atoms with Gasteiger partial charge in [-0.3, -0.25) is 9.79 Å². The summed E-state index contributed by atoms with van der Waals surface area (Å²) in [6, 6.07) is 24.4. The molecular formula is C26H27NO2. The maximum Gasteiger partial charge on any atom is 0.308 e. The van der Waals surface area contributed by atoms with Gasteiger partial charge in [-0.15, -0.1) is 0 Å². The van der Waals surface area contributed by atoms with E-state index >= 15 is 0 Å². The molecule has 3 heteroatoms. The van der Waals surface area contributed by atoms with E-state index in [9.17, 15) is 4.79 Å². The molecule has 0 N–H and O–H groups in total. The maximum absolute atomic E-state index is 12.2. The first kappa shape index (κ1) is 20.5. The van der Waals surface area contributed by atoms with Crippen LogP contribution in [0.2, 0.25) is 0 Å². The van der Waals surface area contributed by atoms with Crippen molar-refractivity contribution in [2.24, 2.45) is 4.99 Å². The smallest absolute Gasteiger partial charge is 0.308 e. The number of hydrogen-bond donors (Lipinski definition) is 0. The molecule has 3 rings (SSSR count). The van der Waals surface area contributed by atoms with Crippen LogP contribution < -0.4 is 0 Å². The van der Waals surface area contributed by atoms with Crippen molar-refractivity contribution in [2.75, 3.05) is 7.11 Å². The van der Waals surface area contributed by atoms with Crippen LogP contribution in [0, 0.1) is 20.8 Å². The summed E-state index contributed by atoms with van der Waals surface area (Å²) in [7, 11) is 1.42. The SMILES string of the molecule is COC(=O)CC(N=C(c1ccc(C)cc1)c1ccc(C)cc1)c1ccccc1C. The van der Waals surface area contributed by atoms with Gasteiger partial charge in [0, 0.05) is 11.1 Å². The van der Waals surface area contributed by atoms with Gasteiger partial charge >= 0.3 is 5.97 Å². The topological polar surface area (TPSA) is 38.7 Å². The Bertz CT molecular complexity index is 954. The van der Waals surface area contributed by atoms with Crippen LogP contribution in [0.1, 0.15) is 45.8 Å². The van der Waals surface area contributed by atoms with Gasteiger partial charge in [-0.1, -0.05) is 83.9 Å². The molecule has 148 valence electrons. The van der Waals surface area contributed by atoms with Crippen LogP contribution in [0.15, 0.2) is 77.8 Å². The molecule has 0 aliphatic carbocycles. The second-order valence-electron chi connectivity index (χ2n) is 7.36. The molecule has 1 unspecified atom stereocenters. The molecule has 3 nitrogen and oxygen atoms in total. The summed E-state index contributed by atoms with van der Waals surface area (Å²) >= 11 is 0. The molecule has 3 aromatic carbocycles. The van der Waals surface area contributed by atoms with Crippen molar-refractivity contribution in [1.29, 1.82) is 0 Å². The van der Waals surface area contributed by atoms with E-state index in [-0.39, 0.29) is 18.4 Å². The molecule has 0 saturated heterocycles. The van der Waals surface area contributed by atoms with Gasteiger partial charge in [0.1, 0.15) is 0 Å². The van der Waals surface area contributed by atoms with Crippen molar-refractivity contribution in [3.63, 3.8) is 0 Å². The minimum absolute atomic E-state index is 0.197. The molecule has 0 fully saturated rings. The van der Waals surface area contributed by atoms with Crippen molar-refractivity contribution < 1.29 is 9.53 Å². The predicted molar refractivity (Wildman–Crippen MR) is 119 cm³/mol. The molecule has 0 amide bonds. The standard InChI is InChI=1S/C26H27NO2/c1-18-9-13-21(14-10-18)26(22-15-11-19(2)12-16-22)27-24(17-25(28)29-4)23-8-6-5-7-20(23)3/h5-16,24H,17H2,1-4H3. The van der Waals surface area contributed by atoms with Crippen molar-refractivity contribution in [1.82, 2.24) is 0 Å². The van der Waals surface area contributed by atoms with E-state index in [0.717, 1.165) is 28.0 Å². The number of ether oxygens (including phenoxy) is 1. The van der Waals surface area contributed by atoms with Crippen LogP contribution >= 0.6 is 0 Å². The first-order valence-corrected chi connectivity index (χ1v) is 9.82.